The summed E-state index contributed by atoms with van der Waals surface area (Å²) in [6, 6.07) is 3.92. The third-order valence-corrected chi connectivity index (χ3v) is 3.68. The fourth-order valence-corrected chi connectivity index (χ4v) is 2.57. The van der Waals surface area contributed by atoms with Crippen molar-refractivity contribution in [3.05, 3.63) is 23.9 Å². The lowest BCUT2D eigenvalue weighted by Gasteiger charge is -2.11. The van der Waals surface area contributed by atoms with Gasteiger partial charge in [0.1, 0.15) is 5.82 Å². The Hall–Kier alpha value is -1.58. The van der Waals surface area contributed by atoms with Gasteiger partial charge in [-0.1, -0.05) is 19.9 Å². The molecule has 0 radical (unpaired) electrons. The molecule has 2 rings (SSSR count). The van der Waals surface area contributed by atoms with Crippen molar-refractivity contribution in [3.63, 3.8) is 0 Å². The van der Waals surface area contributed by atoms with Crippen molar-refractivity contribution in [1.29, 1.82) is 0 Å². The molecule has 1 saturated carbocycles. The van der Waals surface area contributed by atoms with Gasteiger partial charge in [0.15, 0.2) is 0 Å². The molecule has 17 heavy (non-hydrogen) atoms. The van der Waals surface area contributed by atoms with Crippen LogP contribution in [0.15, 0.2) is 18.3 Å². The first kappa shape index (κ1) is 11.9. The maximum absolute atomic E-state index is 11.1. The van der Waals surface area contributed by atoms with Gasteiger partial charge in [0, 0.05) is 26.2 Å². The average Bonchev–Trinajstić information content (AvgIpc) is 2.82. The van der Waals surface area contributed by atoms with E-state index in [2.05, 4.69) is 4.98 Å². The van der Waals surface area contributed by atoms with E-state index in [0.29, 0.717) is 0 Å². The molecule has 0 bridgehead atoms. The molecule has 0 aliphatic heterocycles. The maximum Gasteiger partial charge on any atom is 0.307 e. The van der Waals surface area contributed by atoms with Crippen LogP contribution in [-0.4, -0.2) is 30.2 Å². The Kier molecular flexibility index (Phi) is 2.60. The first-order chi connectivity index (χ1) is 7.85. The third kappa shape index (κ3) is 1.88. The van der Waals surface area contributed by atoms with Gasteiger partial charge in [-0.05, 0) is 17.0 Å². The Labute approximate surface area is 101 Å². The summed E-state index contributed by atoms with van der Waals surface area (Å²) in [7, 11) is 3.87. The molecule has 1 aromatic heterocycles. The van der Waals surface area contributed by atoms with Crippen LogP contribution in [0.3, 0.4) is 0 Å². The lowest BCUT2D eigenvalue weighted by atomic mass is 10.0. The van der Waals surface area contributed by atoms with Gasteiger partial charge in [-0.25, -0.2) is 4.98 Å². The summed E-state index contributed by atoms with van der Waals surface area (Å²) in [5, 5.41) is 9.13. The summed E-state index contributed by atoms with van der Waals surface area (Å²) < 4.78 is 0. The highest BCUT2D eigenvalue weighted by atomic mass is 16.4. The summed E-state index contributed by atoms with van der Waals surface area (Å²) in [5.41, 5.74) is 0.862. The number of nitrogens with zero attached hydrogens (tertiary/aromatic N) is 2. The highest BCUT2D eigenvalue weighted by Crippen LogP contribution is 2.64. The second-order valence-corrected chi connectivity index (χ2v) is 5.46. The zero-order valence-corrected chi connectivity index (χ0v) is 10.6. The fraction of sp³-hybridized carbons (Fsp3) is 0.538. The number of anilines is 1. The number of rotatable bonds is 3. The Morgan fingerprint density at radius 2 is 2.06 bits per heavy atom. The van der Waals surface area contributed by atoms with Crippen LogP contribution in [0.2, 0.25) is 0 Å². The summed E-state index contributed by atoms with van der Waals surface area (Å²) in [6.07, 6.45) is 1.80. The van der Waals surface area contributed by atoms with Gasteiger partial charge in [-0.3, -0.25) is 4.79 Å². The number of hydrogen-bond acceptors (Lipinski definition) is 3. The van der Waals surface area contributed by atoms with Crippen molar-refractivity contribution < 1.29 is 9.90 Å². The minimum Gasteiger partial charge on any atom is -0.481 e. The summed E-state index contributed by atoms with van der Waals surface area (Å²) in [5.74, 6) is -0.0195. The van der Waals surface area contributed by atoms with Crippen LogP contribution < -0.4 is 4.90 Å². The molecule has 0 aromatic carbocycles. The predicted molar refractivity (Wildman–Crippen MR) is 66.2 cm³/mol. The van der Waals surface area contributed by atoms with Crippen molar-refractivity contribution in [2.24, 2.45) is 11.3 Å². The van der Waals surface area contributed by atoms with Crippen LogP contribution in [0.5, 0.6) is 0 Å². The van der Waals surface area contributed by atoms with E-state index in [4.69, 9.17) is 5.11 Å². The van der Waals surface area contributed by atoms with Crippen LogP contribution in [0, 0.1) is 11.3 Å². The van der Waals surface area contributed by atoms with Gasteiger partial charge in [0.25, 0.3) is 0 Å². The van der Waals surface area contributed by atoms with Crippen molar-refractivity contribution in [3.8, 4) is 0 Å². The van der Waals surface area contributed by atoms with E-state index >= 15 is 0 Å². The topological polar surface area (TPSA) is 53.4 Å². The first-order valence-corrected chi connectivity index (χ1v) is 5.71. The first-order valence-electron chi connectivity index (χ1n) is 5.71. The monoisotopic (exact) mass is 234 g/mol. The molecule has 0 amide bonds. The van der Waals surface area contributed by atoms with E-state index in [9.17, 15) is 4.79 Å². The summed E-state index contributed by atoms with van der Waals surface area (Å²) in [4.78, 5) is 17.4. The SMILES string of the molecule is CN(C)c1ccc([C@@H]2[C@@H](C(=O)O)C2(C)C)cn1. The average molecular weight is 234 g/mol. The van der Waals surface area contributed by atoms with Crippen LogP contribution >= 0.6 is 0 Å². The molecule has 4 nitrogen and oxygen atoms in total. The Balaban J connectivity index is 2.23. The molecule has 1 aromatic rings. The molecule has 1 N–H and O–H groups in total. The predicted octanol–water partition coefficient (Wildman–Crippen LogP) is 1.97. The second-order valence-electron chi connectivity index (χ2n) is 5.46. The molecule has 0 saturated heterocycles. The lowest BCUT2D eigenvalue weighted by Crippen LogP contribution is -2.10. The van der Waals surface area contributed by atoms with Gasteiger partial charge < -0.3 is 10.0 Å². The molecular weight excluding hydrogens is 216 g/mol. The van der Waals surface area contributed by atoms with Crippen LogP contribution in [0.1, 0.15) is 25.3 Å². The Morgan fingerprint density at radius 3 is 2.41 bits per heavy atom. The van der Waals surface area contributed by atoms with Gasteiger partial charge in [-0.15, -0.1) is 0 Å². The van der Waals surface area contributed by atoms with Gasteiger partial charge in [-0.2, -0.15) is 0 Å². The molecule has 92 valence electrons. The zero-order chi connectivity index (χ0) is 12.8. The third-order valence-electron chi connectivity index (χ3n) is 3.68. The van der Waals surface area contributed by atoms with Crippen LogP contribution in [0.25, 0.3) is 0 Å². The van der Waals surface area contributed by atoms with E-state index in [-0.39, 0.29) is 17.3 Å². The van der Waals surface area contributed by atoms with E-state index < -0.39 is 5.97 Å². The number of aliphatic carboxylic acids is 1. The molecule has 0 unspecified atom stereocenters. The molecule has 1 aliphatic rings. The largest absolute Gasteiger partial charge is 0.481 e. The molecule has 4 heteroatoms. The number of carboxylic acid groups (broad SMARTS) is 1. The Bertz CT molecular complexity index is 437. The van der Waals surface area contributed by atoms with Crippen molar-refractivity contribution in [1.82, 2.24) is 4.98 Å². The normalized spacial score (nSPS) is 25.4. The Morgan fingerprint density at radius 1 is 1.41 bits per heavy atom. The van der Waals surface area contributed by atoms with Gasteiger partial charge >= 0.3 is 5.97 Å². The molecule has 1 fully saturated rings. The maximum atomic E-state index is 11.1. The highest BCUT2D eigenvalue weighted by molar-refractivity contribution is 5.77. The van der Waals surface area contributed by atoms with Crippen LogP contribution in [0.4, 0.5) is 5.82 Å². The lowest BCUT2D eigenvalue weighted by molar-refractivity contribution is -0.139. The standard InChI is InChI=1S/C13H18N2O2/c1-13(2)10(11(13)12(16)17)8-5-6-9(14-7-8)15(3)4/h5-7,10-11H,1-4H3,(H,16,17)/t10-,11+/m1/s1. The van der Waals surface area contributed by atoms with Gasteiger partial charge in [0.05, 0.1) is 5.92 Å². The second kappa shape index (κ2) is 3.72. The molecule has 1 aliphatic carbocycles. The van der Waals surface area contributed by atoms with Crippen molar-refractivity contribution in [2.75, 3.05) is 19.0 Å². The van der Waals surface area contributed by atoms with E-state index in [1.807, 2.05) is 45.0 Å². The number of hydrogen-bond donors (Lipinski definition) is 1. The summed E-state index contributed by atoms with van der Waals surface area (Å²) in [6.45, 7) is 3.99. The number of pyridine rings is 1. The summed E-state index contributed by atoms with van der Waals surface area (Å²) >= 11 is 0. The zero-order valence-electron chi connectivity index (χ0n) is 10.6. The fourth-order valence-electron chi connectivity index (χ4n) is 2.57. The quantitative estimate of drug-likeness (QED) is 0.868. The molecule has 1 heterocycles. The molecular formula is C13H18N2O2. The smallest absolute Gasteiger partial charge is 0.307 e. The molecule has 2 atom stereocenters. The van der Waals surface area contributed by atoms with E-state index in [1.54, 1.807) is 6.20 Å². The van der Waals surface area contributed by atoms with E-state index in [1.165, 1.54) is 0 Å². The minimum atomic E-state index is -0.711. The van der Waals surface area contributed by atoms with Gasteiger partial charge in [0.2, 0.25) is 0 Å². The minimum absolute atomic E-state index is 0.0868. The van der Waals surface area contributed by atoms with Crippen molar-refractivity contribution >= 4 is 11.8 Å². The number of aromatic nitrogens is 1. The van der Waals surface area contributed by atoms with E-state index in [0.717, 1.165) is 11.4 Å². The van der Waals surface area contributed by atoms with Crippen molar-refractivity contribution in [2.45, 2.75) is 19.8 Å². The highest BCUT2D eigenvalue weighted by Gasteiger charge is 2.62. The number of carboxylic acids is 1. The van der Waals surface area contributed by atoms with Crippen LogP contribution in [-0.2, 0) is 4.79 Å². The number of carbonyl (C=O) groups is 1. The molecule has 0 spiro atoms.